The van der Waals surface area contributed by atoms with Gasteiger partial charge in [0.25, 0.3) is 0 Å². The van der Waals surface area contributed by atoms with Gasteiger partial charge in [-0.2, -0.15) is 4.80 Å². The van der Waals surface area contributed by atoms with Crippen molar-refractivity contribution in [2.45, 2.75) is 26.4 Å². The zero-order valence-corrected chi connectivity index (χ0v) is 13.3. The molecule has 2 N–H and O–H groups in total. The summed E-state index contributed by atoms with van der Waals surface area (Å²) in [6.45, 7) is 2.62. The van der Waals surface area contributed by atoms with E-state index in [0.717, 1.165) is 11.1 Å². The molecule has 0 unspecified atom stereocenters. The van der Waals surface area contributed by atoms with Crippen LogP contribution in [0.5, 0.6) is 0 Å². The summed E-state index contributed by atoms with van der Waals surface area (Å²) in [5, 5.41) is 7.48. The number of nitrogen functional groups attached to an aromatic ring is 1. The maximum Gasteiger partial charge on any atom is 0.383 e. The minimum atomic E-state index is -0.446. The lowest BCUT2D eigenvalue weighted by atomic mass is 10.1. The maximum atomic E-state index is 13.7. The summed E-state index contributed by atoms with van der Waals surface area (Å²) in [6.07, 6.45) is 0.390. The minimum Gasteiger partial charge on any atom is -0.399 e. The van der Waals surface area contributed by atoms with Crippen molar-refractivity contribution in [3.63, 3.8) is 0 Å². The Balaban J connectivity index is 1.80. The number of rotatable bonds is 5. The highest BCUT2D eigenvalue weighted by Crippen LogP contribution is 2.13. The molecule has 6 nitrogen and oxygen atoms in total. The first-order valence-electron chi connectivity index (χ1n) is 7.63. The molecule has 0 radical (unpaired) electrons. The van der Waals surface area contributed by atoms with E-state index in [1.165, 1.54) is 15.5 Å². The Morgan fingerprint density at radius 2 is 2.00 bits per heavy atom. The topological polar surface area (TPSA) is 78.7 Å². The summed E-state index contributed by atoms with van der Waals surface area (Å²) < 4.78 is 15.1. The number of tetrazole rings is 1. The van der Waals surface area contributed by atoms with Crippen LogP contribution in [0.25, 0.3) is 0 Å². The Hall–Kier alpha value is -2.96. The third-order valence-corrected chi connectivity index (χ3v) is 3.94. The van der Waals surface area contributed by atoms with Gasteiger partial charge in [-0.25, -0.2) is 13.9 Å². The Morgan fingerprint density at radius 3 is 2.75 bits per heavy atom. The summed E-state index contributed by atoms with van der Waals surface area (Å²) >= 11 is 0. The van der Waals surface area contributed by atoms with Gasteiger partial charge in [0.05, 0.1) is 13.1 Å². The minimum absolute atomic E-state index is 0.279. The van der Waals surface area contributed by atoms with Gasteiger partial charge in [0.15, 0.2) is 0 Å². The van der Waals surface area contributed by atoms with Crippen molar-refractivity contribution in [1.29, 1.82) is 0 Å². The number of nitrogens with zero attached hydrogens (tertiary/aromatic N) is 4. The van der Waals surface area contributed by atoms with Gasteiger partial charge in [-0.3, -0.25) is 0 Å². The molecule has 0 aliphatic carbocycles. The van der Waals surface area contributed by atoms with Crippen molar-refractivity contribution in [3.05, 3.63) is 75.5 Å². The summed E-state index contributed by atoms with van der Waals surface area (Å²) in [6, 6.07) is 12.2. The molecule has 3 aromatic rings. The normalized spacial score (nSPS) is 10.9. The first-order chi connectivity index (χ1) is 11.5. The second-order valence-electron chi connectivity index (χ2n) is 5.66. The fraction of sp³-hybridized carbons (Fsp3) is 0.235. The van der Waals surface area contributed by atoms with Crippen LogP contribution in [0.15, 0.2) is 47.3 Å². The van der Waals surface area contributed by atoms with Crippen LogP contribution in [-0.4, -0.2) is 19.8 Å². The van der Waals surface area contributed by atoms with Crippen LogP contribution in [0.1, 0.15) is 16.7 Å². The molecule has 0 bridgehead atoms. The molecule has 124 valence electrons. The fourth-order valence-electron chi connectivity index (χ4n) is 2.54. The quantitative estimate of drug-likeness (QED) is 0.724. The van der Waals surface area contributed by atoms with E-state index in [9.17, 15) is 9.18 Å². The molecule has 1 aromatic heterocycles. The van der Waals surface area contributed by atoms with Crippen molar-refractivity contribution in [2.75, 3.05) is 5.73 Å². The van der Waals surface area contributed by atoms with E-state index < -0.39 is 5.69 Å². The highest BCUT2D eigenvalue weighted by molar-refractivity contribution is 5.47. The van der Waals surface area contributed by atoms with Crippen LogP contribution in [0.3, 0.4) is 0 Å². The summed E-state index contributed by atoms with van der Waals surface area (Å²) in [4.78, 5) is 13.4. The van der Waals surface area contributed by atoms with Gasteiger partial charge in [-0.1, -0.05) is 35.4 Å². The summed E-state index contributed by atoms with van der Waals surface area (Å²) in [5.41, 5.74) is 8.57. The lowest BCUT2D eigenvalue weighted by Crippen LogP contribution is -2.25. The van der Waals surface area contributed by atoms with Gasteiger partial charge in [-0.05, 0) is 47.4 Å². The van der Waals surface area contributed by atoms with Gasteiger partial charge >= 0.3 is 5.69 Å². The molecule has 0 saturated carbocycles. The standard InChI is InChI=1S/C17H18FN5O/c1-12-10-13(6-7-16(12)19)11-23-21-20-17(24)22(23)9-8-14-4-2-3-5-15(14)18/h2-7,10H,8-9,11,19H2,1H3. The summed E-state index contributed by atoms with van der Waals surface area (Å²) in [5.74, 6) is -0.279. The molecule has 24 heavy (non-hydrogen) atoms. The Bertz CT molecular complexity index is 915. The fourth-order valence-corrected chi connectivity index (χ4v) is 2.54. The van der Waals surface area contributed by atoms with Crippen LogP contribution in [-0.2, 0) is 19.5 Å². The monoisotopic (exact) mass is 327 g/mol. The molecule has 0 spiro atoms. The average Bonchev–Trinajstić information content (AvgIpc) is 2.90. The van der Waals surface area contributed by atoms with E-state index in [2.05, 4.69) is 10.3 Å². The number of aromatic nitrogens is 4. The first kappa shape index (κ1) is 15.9. The van der Waals surface area contributed by atoms with Crippen molar-refractivity contribution in [2.24, 2.45) is 0 Å². The molecule has 3 rings (SSSR count). The van der Waals surface area contributed by atoms with Crippen LogP contribution in [0.2, 0.25) is 0 Å². The number of hydrogen-bond acceptors (Lipinski definition) is 4. The SMILES string of the molecule is Cc1cc(Cn2nnc(=O)n2CCc2ccccc2F)ccc1N. The van der Waals surface area contributed by atoms with Gasteiger partial charge in [0.1, 0.15) is 5.82 Å². The summed E-state index contributed by atoms with van der Waals surface area (Å²) in [7, 11) is 0. The van der Waals surface area contributed by atoms with Crippen molar-refractivity contribution >= 4 is 5.69 Å². The molecule has 0 saturated heterocycles. The lowest BCUT2D eigenvalue weighted by molar-refractivity contribution is 0.420. The average molecular weight is 327 g/mol. The smallest absolute Gasteiger partial charge is 0.383 e. The van der Waals surface area contributed by atoms with Crippen LogP contribution in [0.4, 0.5) is 10.1 Å². The van der Waals surface area contributed by atoms with Crippen LogP contribution < -0.4 is 11.4 Å². The second-order valence-corrected chi connectivity index (χ2v) is 5.66. The molecule has 0 aliphatic heterocycles. The Labute approximate surface area is 138 Å². The highest BCUT2D eigenvalue weighted by Gasteiger charge is 2.09. The molecule has 0 atom stereocenters. The molecular weight excluding hydrogens is 309 g/mol. The zero-order chi connectivity index (χ0) is 17.1. The molecular formula is C17H18FN5O. The predicted molar refractivity (Wildman–Crippen MR) is 89.1 cm³/mol. The first-order valence-corrected chi connectivity index (χ1v) is 7.63. The van der Waals surface area contributed by atoms with Crippen molar-refractivity contribution in [3.8, 4) is 0 Å². The number of anilines is 1. The zero-order valence-electron chi connectivity index (χ0n) is 13.3. The van der Waals surface area contributed by atoms with Gasteiger partial charge < -0.3 is 5.73 Å². The number of benzene rings is 2. The predicted octanol–water partition coefficient (Wildman–Crippen LogP) is 1.76. The molecule has 2 aromatic carbocycles. The van der Waals surface area contributed by atoms with Crippen LogP contribution in [0, 0.1) is 12.7 Å². The van der Waals surface area contributed by atoms with Gasteiger partial charge in [-0.15, -0.1) is 0 Å². The molecule has 1 heterocycles. The highest BCUT2D eigenvalue weighted by atomic mass is 19.1. The van der Waals surface area contributed by atoms with Crippen molar-refractivity contribution in [1.82, 2.24) is 19.8 Å². The van der Waals surface area contributed by atoms with Crippen LogP contribution >= 0.6 is 0 Å². The largest absolute Gasteiger partial charge is 0.399 e. The van der Waals surface area contributed by atoms with E-state index in [0.29, 0.717) is 30.8 Å². The van der Waals surface area contributed by atoms with E-state index in [-0.39, 0.29) is 5.82 Å². The number of halogens is 1. The van der Waals surface area contributed by atoms with E-state index in [4.69, 9.17) is 5.73 Å². The number of nitrogens with two attached hydrogens (primary N) is 1. The molecule has 0 fully saturated rings. The Morgan fingerprint density at radius 1 is 1.21 bits per heavy atom. The van der Waals surface area contributed by atoms with Gasteiger partial charge in [0, 0.05) is 5.69 Å². The van der Waals surface area contributed by atoms with Gasteiger partial charge in [0.2, 0.25) is 0 Å². The third kappa shape index (κ3) is 3.34. The molecule has 7 heteroatoms. The molecule has 0 aliphatic rings. The van der Waals surface area contributed by atoms with E-state index in [1.807, 2.05) is 25.1 Å². The van der Waals surface area contributed by atoms with Crippen molar-refractivity contribution < 1.29 is 4.39 Å². The maximum absolute atomic E-state index is 13.7. The number of hydrogen-bond donors (Lipinski definition) is 1. The Kier molecular flexibility index (Phi) is 4.41. The second kappa shape index (κ2) is 6.66. The lowest BCUT2D eigenvalue weighted by Gasteiger charge is -2.10. The van der Waals surface area contributed by atoms with E-state index in [1.54, 1.807) is 18.2 Å². The molecule has 0 amide bonds. The number of aryl methyl sites for hydroxylation is 2. The third-order valence-electron chi connectivity index (χ3n) is 3.94. The van der Waals surface area contributed by atoms with E-state index >= 15 is 0 Å².